The summed E-state index contributed by atoms with van der Waals surface area (Å²) in [6.45, 7) is 0.105. The van der Waals surface area contributed by atoms with Crippen LogP contribution in [0.1, 0.15) is 11.1 Å². The van der Waals surface area contributed by atoms with Gasteiger partial charge in [0.1, 0.15) is 5.82 Å². The van der Waals surface area contributed by atoms with Crippen molar-refractivity contribution in [1.82, 2.24) is 4.72 Å². The predicted molar refractivity (Wildman–Crippen MR) is 82.6 cm³/mol. The van der Waals surface area contributed by atoms with Crippen molar-refractivity contribution < 1.29 is 12.8 Å². The van der Waals surface area contributed by atoms with Crippen molar-refractivity contribution in [3.8, 4) is 0 Å². The molecule has 0 saturated carbocycles. The van der Waals surface area contributed by atoms with Crippen LogP contribution < -0.4 is 4.72 Å². The fourth-order valence-corrected chi connectivity index (χ4v) is 2.50. The van der Waals surface area contributed by atoms with Crippen molar-refractivity contribution in [2.45, 2.75) is 6.54 Å². The van der Waals surface area contributed by atoms with Crippen molar-refractivity contribution in [1.29, 1.82) is 0 Å². The number of benzene rings is 2. The van der Waals surface area contributed by atoms with E-state index in [9.17, 15) is 12.8 Å². The van der Waals surface area contributed by atoms with Gasteiger partial charge in [-0.05, 0) is 41.5 Å². The molecule has 2 aromatic rings. The summed E-state index contributed by atoms with van der Waals surface area (Å²) in [5.74, 6) is -0.357. The second-order valence-electron chi connectivity index (χ2n) is 4.35. The fraction of sp³-hybridized carbons (Fsp3) is 0.0667. The summed E-state index contributed by atoms with van der Waals surface area (Å²) < 4.78 is 38.8. The second kappa shape index (κ2) is 6.85. The topological polar surface area (TPSA) is 46.2 Å². The molecule has 0 aliphatic heterocycles. The van der Waals surface area contributed by atoms with Gasteiger partial charge < -0.3 is 0 Å². The fourth-order valence-electron chi connectivity index (χ4n) is 1.58. The Morgan fingerprint density at radius 2 is 1.67 bits per heavy atom. The average Bonchev–Trinajstić information content (AvgIpc) is 2.46. The lowest BCUT2D eigenvalue weighted by Gasteiger charge is -2.03. The molecule has 0 aromatic heterocycles. The Balaban J connectivity index is 1.98. The van der Waals surface area contributed by atoms with Crippen LogP contribution in [0.2, 0.25) is 5.02 Å². The maximum absolute atomic E-state index is 12.7. The Morgan fingerprint density at radius 3 is 2.29 bits per heavy atom. The van der Waals surface area contributed by atoms with Gasteiger partial charge in [0.15, 0.2) is 0 Å². The first kappa shape index (κ1) is 15.7. The molecule has 0 unspecified atom stereocenters. The van der Waals surface area contributed by atoms with Crippen LogP contribution in [-0.4, -0.2) is 8.42 Å². The molecule has 1 N–H and O–H groups in total. The minimum atomic E-state index is -3.56. The van der Waals surface area contributed by atoms with Crippen LogP contribution in [0.5, 0.6) is 0 Å². The standard InChI is InChI=1S/C15H13ClFNO2S/c16-14-5-1-12(2-6-14)9-10-21(19,20)18-11-13-3-7-15(17)8-4-13/h1-10,18H,11H2/b10-9+. The summed E-state index contributed by atoms with van der Waals surface area (Å²) in [6, 6.07) is 12.4. The normalized spacial score (nSPS) is 11.9. The van der Waals surface area contributed by atoms with Crippen molar-refractivity contribution in [3.05, 3.63) is 75.9 Å². The van der Waals surface area contributed by atoms with Crippen LogP contribution in [0.4, 0.5) is 4.39 Å². The van der Waals surface area contributed by atoms with Gasteiger partial charge in [-0.1, -0.05) is 35.9 Å². The molecule has 0 aliphatic rings. The number of halogens is 2. The van der Waals surface area contributed by atoms with E-state index in [4.69, 9.17) is 11.6 Å². The third kappa shape index (κ3) is 5.30. The highest BCUT2D eigenvalue weighted by atomic mass is 35.5. The maximum Gasteiger partial charge on any atom is 0.234 e. The lowest BCUT2D eigenvalue weighted by Crippen LogP contribution is -2.20. The van der Waals surface area contributed by atoms with Gasteiger partial charge in [-0.15, -0.1) is 0 Å². The molecule has 21 heavy (non-hydrogen) atoms. The van der Waals surface area contributed by atoms with Gasteiger partial charge in [-0.3, -0.25) is 0 Å². The van der Waals surface area contributed by atoms with Gasteiger partial charge in [-0.2, -0.15) is 0 Å². The molecule has 2 aromatic carbocycles. The third-order valence-electron chi connectivity index (χ3n) is 2.70. The van der Waals surface area contributed by atoms with Crippen molar-refractivity contribution >= 4 is 27.7 Å². The van der Waals surface area contributed by atoms with Crippen molar-refractivity contribution in [3.63, 3.8) is 0 Å². The molecular formula is C15H13ClFNO2S. The van der Waals surface area contributed by atoms with Crippen LogP contribution in [-0.2, 0) is 16.6 Å². The minimum Gasteiger partial charge on any atom is -0.208 e. The molecule has 0 spiro atoms. The largest absolute Gasteiger partial charge is 0.234 e. The number of rotatable bonds is 5. The molecule has 0 fully saturated rings. The average molecular weight is 326 g/mol. The highest BCUT2D eigenvalue weighted by molar-refractivity contribution is 7.92. The summed E-state index contributed by atoms with van der Waals surface area (Å²) in [7, 11) is -3.56. The quantitative estimate of drug-likeness (QED) is 0.913. The predicted octanol–water partition coefficient (Wildman–Crippen LogP) is 3.57. The van der Waals surface area contributed by atoms with Gasteiger partial charge >= 0.3 is 0 Å². The van der Waals surface area contributed by atoms with Crippen molar-refractivity contribution in [2.24, 2.45) is 0 Å². The monoisotopic (exact) mass is 325 g/mol. The Bertz CT molecular complexity index is 725. The van der Waals surface area contributed by atoms with Gasteiger partial charge in [0.25, 0.3) is 0 Å². The first-order valence-corrected chi connectivity index (χ1v) is 8.05. The summed E-state index contributed by atoms with van der Waals surface area (Å²) >= 11 is 5.75. The summed E-state index contributed by atoms with van der Waals surface area (Å²) in [4.78, 5) is 0. The van der Waals surface area contributed by atoms with E-state index in [-0.39, 0.29) is 12.4 Å². The molecular weight excluding hydrogens is 313 g/mol. The van der Waals surface area contributed by atoms with E-state index in [1.54, 1.807) is 24.3 Å². The molecule has 0 aliphatic carbocycles. The molecule has 3 nitrogen and oxygen atoms in total. The number of hydrogen-bond acceptors (Lipinski definition) is 2. The highest BCUT2D eigenvalue weighted by Crippen LogP contribution is 2.11. The number of sulfonamides is 1. The zero-order valence-electron chi connectivity index (χ0n) is 11.0. The van der Waals surface area contributed by atoms with E-state index in [0.29, 0.717) is 10.6 Å². The zero-order chi connectivity index (χ0) is 15.3. The van der Waals surface area contributed by atoms with E-state index >= 15 is 0 Å². The lowest BCUT2D eigenvalue weighted by atomic mass is 10.2. The maximum atomic E-state index is 12.7. The molecule has 6 heteroatoms. The van der Waals surface area contributed by atoms with Gasteiger partial charge in [0, 0.05) is 17.0 Å². The molecule has 0 atom stereocenters. The summed E-state index contributed by atoms with van der Waals surface area (Å²) in [5, 5.41) is 1.67. The zero-order valence-corrected chi connectivity index (χ0v) is 12.5. The Hall–Kier alpha value is -1.69. The first-order chi connectivity index (χ1) is 9.94. The SMILES string of the molecule is O=S(=O)(/C=C/c1ccc(Cl)cc1)NCc1ccc(F)cc1. The van der Waals surface area contributed by atoms with Gasteiger partial charge in [-0.25, -0.2) is 17.5 Å². The molecule has 2 rings (SSSR count). The van der Waals surface area contributed by atoms with Gasteiger partial charge in [0.2, 0.25) is 10.0 Å². The molecule has 0 radical (unpaired) electrons. The summed E-state index contributed by atoms with van der Waals surface area (Å²) in [5.41, 5.74) is 1.41. The van der Waals surface area contributed by atoms with Crippen LogP contribution in [0, 0.1) is 5.82 Å². The Morgan fingerprint density at radius 1 is 1.05 bits per heavy atom. The van der Waals surface area contributed by atoms with E-state index in [1.807, 2.05) is 0 Å². The lowest BCUT2D eigenvalue weighted by molar-refractivity contribution is 0.590. The third-order valence-corrected chi connectivity index (χ3v) is 3.99. The molecule has 0 heterocycles. The van der Waals surface area contributed by atoms with Gasteiger partial charge in [0.05, 0.1) is 0 Å². The highest BCUT2D eigenvalue weighted by Gasteiger charge is 2.05. The summed E-state index contributed by atoms with van der Waals surface area (Å²) in [6.07, 6.45) is 1.48. The van der Waals surface area contributed by atoms with E-state index in [1.165, 1.54) is 30.3 Å². The molecule has 0 saturated heterocycles. The van der Waals surface area contributed by atoms with Crippen LogP contribution >= 0.6 is 11.6 Å². The number of nitrogens with one attached hydrogen (secondary N) is 1. The van der Waals surface area contributed by atoms with Crippen LogP contribution in [0.3, 0.4) is 0 Å². The molecule has 0 amide bonds. The Labute approximate surface area is 128 Å². The van der Waals surface area contributed by atoms with E-state index in [0.717, 1.165) is 11.0 Å². The second-order valence-corrected chi connectivity index (χ2v) is 6.43. The van der Waals surface area contributed by atoms with E-state index in [2.05, 4.69) is 4.72 Å². The van der Waals surface area contributed by atoms with Crippen LogP contribution in [0.15, 0.2) is 53.9 Å². The first-order valence-electron chi connectivity index (χ1n) is 6.12. The molecule has 110 valence electrons. The van der Waals surface area contributed by atoms with E-state index < -0.39 is 10.0 Å². The van der Waals surface area contributed by atoms with Crippen LogP contribution in [0.25, 0.3) is 6.08 Å². The smallest absolute Gasteiger partial charge is 0.208 e. The Kier molecular flexibility index (Phi) is 5.12. The minimum absolute atomic E-state index is 0.105. The van der Waals surface area contributed by atoms with Crippen molar-refractivity contribution in [2.75, 3.05) is 0 Å². The molecule has 0 bridgehead atoms. The number of hydrogen-bond donors (Lipinski definition) is 1.